The summed E-state index contributed by atoms with van der Waals surface area (Å²) in [5.74, 6) is -1.11. The summed E-state index contributed by atoms with van der Waals surface area (Å²) >= 11 is 0. The van der Waals surface area contributed by atoms with Gasteiger partial charge in [0.15, 0.2) is 5.65 Å². The minimum Gasteiger partial charge on any atom is -0.508 e. The molecule has 0 radical (unpaired) electrons. The van der Waals surface area contributed by atoms with E-state index in [4.69, 9.17) is 0 Å². The van der Waals surface area contributed by atoms with Crippen molar-refractivity contribution in [1.82, 2.24) is 19.8 Å². The van der Waals surface area contributed by atoms with Gasteiger partial charge in [-0.2, -0.15) is 22.8 Å². The zero-order valence-corrected chi connectivity index (χ0v) is 9.83. The third-order valence-corrected chi connectivity index (χ3v) is 2.68. The Morgan fingerprint density at radius 1 is 0.950 bits per heavy atom. The first-order valence-corrected chi connectivity index (χ1v) is 5.54. The Balaban J connectivity index is 2.16. The highest BCUT2D eigenvalue weighted by molar-refractivity contribution is 5.61. The van der Waals surface area contributed by atoms with Crippen LogP contribution in [0, 0.1) is 0 Å². The first-order valence-electron chi connectivity index (χ1n) is 5.54. The summed E-state index contributed by atoms with van der Waals surface area (Å²) in [5.41, 5.74) is 0.911. The Bertz CT molecular complexity index is 764. The van der Waals surface area contributed by atoms with Gasteiger partial charge in [-0.05, 0) is 36.4 Å². The molecule has 0 saturated heterocycles. The lowest BCUT2D eigenvalue weighted by molar-refractivity contribution is -0.146. The molecule has 0 aliphatic heterocycles. The molecular formula is C12H7F3N4O. The molecule has 0 aliphatic carbocycles. The van der Waals surface area contributed by atoms with Gasteiger partial charge in [0.2, 0.25) is 0 Å². The first kappa shape index (κ1) is 12.4. The third kappa shape index (κ3) is 2.04. The van der Waals surface area contributed by atoms with E-state index in [1.54, 1.807) is 12.1 Å². The highest BCUT2D eigenvalue weighted by atomic mass is 19.4. The minimum absolute atomic E-state index is 0.0138. The fourth-order valence-electron chi connectivity index (χ4n) is 1.75. The van der Waals surface area contributed by atoms with Gasteiger partial charge in [-0.15, -0.1) is 10.2 Å². The molecule has 0 amide bonds. The molecule has 0 saturated carbocycles. The second kappa shape index (κ2) is 4.19. The van der Waals surface area contributed by atoms with Gasteiger partial charge in [-0.3, -0.25) is 0 Å². The van der Waals surface area contributed by atoms with E-state index in [0.717, 1.165) is 0 Å². The standard InChI is InChI=1S/C12H7F3N4O/c13-12(14,15)11-17-16-10-6-5-9(18-19(10)11)7-1-3-8(20)4-2-7/h1-6,20H. The Kier molecular flexibility index (Phi) is 2.60. The van der Waals surface area contributed by atoms with E-state index in [2.05, 4.69) is 15.3 Å². The molecule has 3 rings (SSSR count). The maximum absolute atomic E-state index is 12.7. The SMILES string of the molecule is Oc1ccc(-c2ccc3nnc(C(F)(F)F)n3n2)cc1. The largest absolute Gasteiger partial charge is 0.508 e. The molecule has 3 aromatic rings. The molecule has 20 heavy (non-hydrogen) atoms. The van der Waals surface area contributed by atoms with Crippen LogP contribution >= 0.6 is 0 Å². The van der Waals surface area contributed by atoms with Crippen LogP contribution in [-0.4, -0.2) is 24.9 Å². The molecule has 5 nitrogen and oxygen atoms in total. The van der Waals surface area contributed by atoms with Crippen molar-refractivity contribution in [2.45, 2.75) is 6.18 Å². The molecule has 0 bridgehead atoms. The number of fused-ring (bicyclic) bond motifs is 1. The monoisotopic (exact) mass is 280 g/mol. The van der Waals surface area contributed by atoms with Crippen molar-refractivity contribution in [3.63, 3.8) is 0 Å². The summed E-state index contributed by atoms with van der Waals surface area (Å²) in [7, 11) is 0. The lowest BCUT2D eigenvalue weighted by Crippen LogP contribution is -2.12. The van der Waals surface area contributed by atoms with Crippen LogP contribution in [-0.2, 0) is 6.18 Å². The molecule has 102 valence electrons. The predicted octanol–water partition coefficient (Wildman–Crippen LogP) is 2.52. The number of nitrogens with zero attached hydrogens (tertiary/aromatic N) is 4. The molecule has 0 fully saturated rings. The number of aromatic hydroxyl groups is 1. The van der Waals surface area contributed by atoms with E-state index >= 15 is 0 Å². The van der Waals surface area contributed by atoms with Gasteiger partial charge in [0.1, 0.15) is 5.75 Å². The summed E-state index contributed by atoms with van der Waals surface area (Å²) in [6.45, 7) is 0. The van der Waals surface area contributed by atoms with E-state index in [-0.39, 0.29) is 11.4 Å². The average molecular weight is 280 g/mol. The van der Waals surface area contributed by atoms with Crippen molar-refractivity contribution in [2.24, 2.45) is 0 Å². The molecule has 0 aliphatic rings. The van der Waals surface area contributed by atoms with Crippen molar-refractivity contribution in [1.29, 1.82) is 0 Å². The number of alkyl halides is 3. The molecule has 0 unspecified atom stereocenters. The van der Waals surface area contributed by atoms with Crippen molar-refractivity contribution in [3.8, 4) is 17.0 Å². The topological polar surface area (TPSA) is 63.3 Å². The van der Waals surface area contributed by atoms with Gasteiger partial charge in [0, 0.05) is 5.56 Å². The molecule has 1 aromatic carbocycles. The number of benzene rings is 1. The average Bonchev–Trinajstić information content (AvgIpc) is 2.82. The number of rotatable bonds is 1. The van der Waals surface area contributed by atoms with Crippen molar-refractivity contribution >= 4 is 5.65 Å². The van der Waals surface area contributed by atoms with Gasteiger partial charge < -0.3 is 5.11 Å². The summed E-state index contributed by atoms with van der Waals surface area (Å²) in [5, 5.41) is 19.6. The van der Waals surface area contributed by atoms with E-state index in [1.165, 1.54) is 24.3 Å². The minimum atomic E-state index is -4.63. The maximum Gasteiger partial charge on any atom is 0.453 e. The summed E-state index contributed by atoms with van der Waals surface area (Å²) in [6, 6.07) is 8.91. The maximum atomic E-state index is 12.7. The number of hydrogen-bond acceptors (Lipinski definition) is 4. The van der Waals surface area contributed by atoms with Crippen LogP contribution in [0.15, 0.2) is 36.4 Å². The molecule has 2 heterocycles. The molecule has 0 spiro atoms. The summed E-state index contributed by atoms with van der Waals surface area (Å²) in [4.78, 5) is 0. The normalized spacial score (nSPS) is 11.9. The molecule has 2 aromatic heterocycles. The smallest absolute Gasteiger partial charge is 0.453 e. The van der Waals surface area contributed by atoms with Gasteiger partial charge in [0.05, 0.1) is 5.69 Å². The molecule has 1 N–H and O–H groups in total. The Morgan fingerprint density at radius 2 is 1.65 bits per heavy atom. The number of phenols is 1. The first-order chi connectivity index (χ1) is 9.45. The number of aromatic nitrogens is 4. The van der Waals surface area contributed by atoms with Gasteiger partial charge in [-0.1, -0.05) is 0 Å². The van der Waals surface area contributed by atoms with Crippen molar-refractivity contribution in [3.05, 3.63) is 42.2 Å². The highest BCUT2D eigenvalue weighted by Gasteiger charge is 2.37. The number of halogens is 3. The molecule has 8 heteroatoms. The van der Waals surface area contributed by atoms with Crippen LogP contribution in [0.4, 0.5) is 13.2 Å². The number of phenolic OH excluding ortho intramolecular Hbond substituents is 1. The predicted molar refractivity (Wildman–Crippen MR) is 62.9 cm³/mol. The zero-order valence-electron chi connectivity index (χ0n) is 9.83. The summed E-state index contributed by atoms with van der Waals surface area (Å²) < 4.78 is 38.9. The zero-order chi connectivity index (χ0) is 14.3. The Labute approximate surface area is 110 Å². The van der Waals surface area contributed by atoms with Crippen molar-refractivity contribution < 1.29 is 18.3 Å². The van der Waals surface area contributed by atoms with Crippen LogP contribution in [0.3, 0.4) is 0 Å². The summed E-state index contributed by atoms with van der Waals surface area (Å²) in [6.07, 6.45) is -4.63. The van der Waals surface area contributed by atoms with E-state index in [0.29, 0.717) is 15.8 Å². The van der Waals surface area contributed by atoms with Crippen molar-refractivity contribution in [2.75, 3.05) is 0 Å². The second-order valence-electron chi connectivity index (χ2n) is 4.06. The van der Waals surface area contributed by atoms with Crippen LogP contribution in [0.5, 0.6) is 5.75 Å². The van der Waals surface area contributed by atoms with E-state index in [9.17, 15) is 18.3 Å². The Morgan fingerprint density at radius 3 is 2.30 bits per heavy atom. The van der Waals surface area contributed by atoms with Crippen LogP contribution in [0.25, 0.3) is 16.9 Å². The lowest BCUT2D eigenvalue weighted by atomic mass is 10.1. The van der Waals surface area contributed by atoms with Crippen LogP contribution < -0.4 is 0 Å². The number of hydrogen-bond donors (Lipinski definition) is 1. The highest BCUT2D eigenvalue weighted by Crippen LogP contribution is 2.28. The van der Waals surface area contributed by atoms with E-state index < -0.39 is 12.0 Å². The quantitative estimate of drug-likeness (QED) is 0.744. The van der Waals surface area contributed by atoms with Gasteiger partial charge in [-0.25, -0.2) is 0 Å². The van der Waals surface area contributed by atoms with Crippen LogP contribution in [0.2, 0.25) is 0 Å². The van der Waals surface area contributed by atoms with Crippen LogP contribution in [0.1, 0.15) is 5.82 Å². The fraction of sp³-hybridized carbons (Fsp3) is 0.0833. The van der Waals surface area contributed by atoms with Gasteiger partial charge in [0.25, 0.3) is 5.82 Å². The molecule has 0 atom stereocenters. The van der Waals surface area contributed by atoms with E-state index in [1.807, 2.05) is 0 Å². The fourth-order valence-corrected chi connectivity index (χ4v) is 1.75. The second-order valence-corrected chi connectivity index (χ2v) is 4.06. The lowest BCUT2D eigenvalue weighted by Gasteiger charge is -2.05. The molecular weight excluding hydrogens is 273 g/mol. The third-order valence-electron chi connectivity index (χ3n) is 2.68. The Hall–Kier alpha value is -2.64. The van der Waals surface area contributed by atoms with Gasteiger partial charge >= 0.3 is 6.18 Å².